The van der Waals surface area contributed by atoms with Gasteiger partial charge in [-0.1, -0.05) is 24.8 Å². The van der Waals surface area contributed by atoms with Crippen LogP contribution in [0.2, 0.25) is 0 Å². The Labute approximate surface area is 191 Å². The summed E-state index contributed by atoms with van der Waals surface area (Å²) >= 11 is 1.94. The predicted octanol–water partition coefficient (Wildman–Crippen LogP) is 4.34. The maximum Gasteiger partial charge on any atom is 0.342 e. The van der Waals surface area contributed by atoms with E-state index >= 15 is 0 Å². The first-order valence-electron chi connectivity index (χ1n) is 11.3. The number of hydrogen-bond acceptors (Lipinski definition) is 4. The lowest BCUT2D eigenvalue weighted by Gasteiger charge is -2.35. The van der Waals surface area contributed by atoms with Crippen molar-refractivity contribution in [3.8, 4) is 0 Å². The molecule has 2 atom stereocenters. The molecule has 6 nitrogen and oxygen atoms in total. The highest BCUT2D eigenvalue weighted by atomic mass is 32.2. The van der Waals surface area contributed by atoms with Crippen molar-refractivity contribution < 1.29 is 9.53 Å². The van der Waals surface area contributed by atoms with Gasteiger partial charge in [0.15, 0.2) is 0 Å². The number of hydrogen-bond donors (Lipinski definition) is 1. The molecule has 1 aromatic rings. The molecule has 2 aliphatic rings. The summed E-state index contributed by atoms with van der Waals surface area (Å²) < 4.78 is 6.29. The first-order valence-corrected chi connectivity index (χ1v) is 12.3. The minimum Gasteiger partial charge on any atom is -0.377 e. The third kappa shape index (κ3) is 6.74. The van der Waals surface area contributed by atoms with Gasteiger partial charge in [-0.05, 0) is 38.3 Å². The molecule has 1 fully saturated rings. The number of amides is 2. The number of aliphatic imine (C=N–C) groups is 1. The largest absolute Gasteiger partial charge is 0.377 e. The van der Waals surface area contributed by atoms with E-state index in [4.69, 9.17) is 4.74 Å². The molecule has 3 rings (SSSR count). The van der Waals surface area contributed by atoms with Crippen molar-refractivity contribution in [1.29, 1.82) is 0 Å². The quantitative estimate of drug-likeness (QED) is 0.367. The Hall–Kier alpha value is -1.99. The van der Waals surface area contributed by atoms with Crippen molar-refractivity contribution in [3.05, 3.63) is 42.1 Å². The monoisotopic (exact) mass is 444 g/mol. The number of carbonyl (C=O) groups excluding carboxylic acids is 1. The number of carbonyl (C=O) groups is 1. The minimum atomic E-state index is -0.268. The summed E-state index contributed by atoms with van der Waals surface area (Å²) in [5.74, 6) is 2.35. The summed E-state index contributed by atoms with van der Waals surface area (Å²) in [6.07, 6.45) is 3.06. The molecule has 0 aromatic heterocycles. The van der Waals surface area contributed by atoms with Crippen LogP contribution >= 0.6 is 11.8 Å². The number of rotatable bonds is 8. The van der Waals surface area contributed by atoms with E-state index in [-0.39, 0.29) is 12.1 Å². The highest BCUT2D eigenvalue weighted by Crippen LogP contribution is 2.39. The van der Waals surface area contributed by atoms with E-state index in [1.807, 2.05) is 37.6 Å². The maximum atomic E-state index is 11.9. The van der Waals surface area contributed by atoms with Crippen LogP contribution in [0.5, 0.6) is 0 Å². The lowest BCUT2D eigenvalue weighted by molar-refractivity contribution is 0.0175. The molecule has 0 radical (unpaired) electrons. The second kappa shape index (κ2) is 11.6. The molecular weight excluding hydrogens is 408 g/mol. The van der Waals surface area contributed by atoms with Gasteiger partial charge < -0.3 is 19.9 Å². The molecule has 2 heterocycles. The van der Waals surface area contributed by atoms with Crippen molar-refractivity contribution in [3.63, 3.8) is 0 Å². The summed E-state index contributed by atoms with van der Waals surface area (Å²) in [5, 5.41) is 2.88. The van der Waals surface area contributed by atoms with Crippen molar-refractivity contribution in [2.24, 2.45) is 4.99 Å². The molecule has 0 saturated carbocycles. The van der Waals surface area contributed by atoms with Crippen LogP contribution in [0.25, 0.3) is 0 Å². The van der Waals surface area contributed by atoms with Crippen molar-refractivity contribution in [1.82, 2.24) is 15.1 Å². The van der Waals surface area contributed by atoms with Crippen molar-refractivity contribution >= 4 is 23.6 Å². The lowest BCUT2D eigenvalue weighted by Crippen LogP contribution is -2.37. The van der Waals surface area contributed by atoms with E-state index in [0.29, 0.717) is 12.5 Å². The van der Waals surface area contributed by atoms with Gasteiger partial charge in [0.1, 0.15) is 5.84 Å². The molecule has 0 aliphatic carbocycles. The van der Waals surface area contributed by atoms with Crippen molar-refractivity contribution in [2.45, 2.75) is 50.0 Å². The van der Waals surface area contributed by atoms with Crippen LogP contribution < -0.4 is 5.32 Å². The molecule has 2 amide bonds. The number of nitrogens with zero attached hydrogens (tertiary/aromatic N) is 3. The summed E-state index contributed by atoms with van der Waals surface area (Å²) in [5.41, 5.74) is 2.58. The van der Waals surface area contributed by atoms with Gasteiger partial charge in [0.25, 0.3) is 0 Å². The van der Waals surface area contributed by atoms with Crippen LogP contribution in [-0.2, 0) is 4.74 Å². The number of benzene rings is 1. The number of piperidine rings is 1. The Kier molecular flexibility index (Phi) is 8.84. The third-order valence-corrected chi connectivity index (χ3v) is 7.39. The Balaban J connectivity index is 1.33. The number of nitrogens with one attached hydrogen (secondary N) is 1. The number of urea groups is 1. The van der Waals surface area contributed by atoms with E-state index in [0.717, 1.165) is 62.8 Å². The smallest absolute Gasteiger partial charge is 0.342 e. The predicted molar refractivity (Wildman–Crippen MR) is 129 cm³/mol. The molecule has 31 heavy (non-hydrogen) atoms. The van der Waals surface area contributed by atoms with Gasteiger partial charge in [0.05, 0.1) is 12.7 Å². The number of fused-ring (bicyclic) bond motifs is 1. The van der Waals surface area contributed by atoms with Crippen molar-refractivity contribution in [2.75, 3.05) is 45.6 Å². The van der Waals surface area contributed by atoms with Gasteiger partial charge in [-0.15, -0.1) is 11.8 Å². The van der Waals surface area contributed by atoms with E-state index in [1.54, 1.807) is 0 Å². The number of ether oxygens (including phenoxy) is 1. The molecule has 1 aromatic carbocycles. The fraction of sp³-hybridized carbons (Fsp3) is 0.583. The molecule has 1 N–H and O–H groups in total. The number of amidine groups is 1. The average molecular weight is 445 g/mol. The van der Waals surface area contributed by atoms with Crippen LogP contribution in [0.3, 0.4) is 0 Å². The normalized spacial score (nSPS) is 21.2. The standard InChI is InChI=1S/C24H36N4O2S/c1-5-27(4)19(3)26-24(29)25-12-8-13-28-14-11-21(15-18(28)2)30-16-20-17-31-23-10-7-6-9-22(20)23/h6-7,9-10,20-21H,2,5,8,11-17H2,1,3-4H3,(H,25,29). The Bertz CT molecular complexity index is 798. The summed E-state index contributed by atoms with van der Waals surface area (Å²) in [6, 6.07) is 8.41. The summed E-state index contributed by atoms with van der Waals surface area (Å²) in [7, 11) is 1.93. The van der Waals surface area contributed by atoms with Gasteiger partial charge in [-0.25, -0.2) is 4.79 Å². The molecule has 2 unspecified atom stereocenters. The van der Waals surface area contributed by atoms with E-state index < -0.39 is 0 Å². The minimum absolute atomic E-state index is 0.258. The first-order chi connectivity index (χ1) is 15.0. The zero-order valence-electron chi connectivity index (χ0n) is 19.1. The summed E-state index contributed by atoms with van der Waals surface area (Å²) in [6.45, 7) is 12.3. The van der Waals surface area contributed by atoms with E-state index in [2.05, 4.69) is 46.1 Å². The topological polar surface area (TPSA) is 57.2 Å². The molecule has 0 bridgehead atoms. The lowest BCUT2D eigenvalue weighted by atomic mass is 10.0. The van der Waals surface area contributed by atoms with Crippen LogP contribution in [-0.4, -0.2) is 73.4 Å². The second-order valence-electron chi connectivity index (χ2n) is 8.31. The maximum absolute atomic E-state index is 11.9. The van der Waals surface area contributed by atoms with E-state index in [9.17, 15) is 4.79 Å². The Morgan fingerprint density at radius 2 is 2.23 bits per heavy atom. The molecule has 1 saturated heterocycles. The number of likely N-dealkylation sites (tertiary alicyclic amines) is 1. The van der Waals surface area contributed by atoms with E-state index in [1.165, 1.54) is 10.5 Å². The highest BCUT2D eigenvalue weighted by molar-refractivity contribution is 7.99. The van der Waals surface area contributed by atoms with Crippen LogP contribution in [0.15, 0.2) is 46.4 Å². The first kappa shape index (κ1) is 23.7. The van der Waals surface area contributed by atoms with Gasteiger partial charge in [0.2, 0.25) is 0 Å². The van der Waals surface area contributed by atoms with Gasteiger partial charge in [-0.3, -0.25) is 0 Å². The van der Waals surface area contributed by atoms with Crippen LogP contribution in [0.1, 0.15) is 44.6 Å². The fourth-order valence-electron chi connectivity index (χ4n) is 3.95. The van der Waals surface area contributed by atoms with Gasteiger partial charge in [-0.2, -0.15) is 4.99 Å². The zero-order valence-corrected chi connectivity index (χ0v) is 19.9. The number of thioether (sulfide) groups is 1. The zero-order chi connectivity index (χ0) is 22.2. The summed E-state index contributed by atoms with van der Waals surface area (Å²) in [4.78, 5) is 21.7. The highest BCUT2D eigenvalue weighted by Gasteiger charge is 2.26. The fourth-order valence-corrected chi connectivity index (χ4v) is 5.18. The Morgan fingerprint density at radius 1 is 1.42 bits per heavy atom. The second-order valence-corrected chi connectivity index (χ2v) is 9.37. The SMILES string of the molecule is C=C1CC(OCC2CSc3ccccc32)CCN1CCCNC(=O)N=C(C)N(C)CC. The molecular formula is C24H36N4O2S. The van der Waals surface area contributed by atoms with Gasteiger partial charge in [0, 0.05) is 61.9 Å². The van der Waals surface area contributed by atoms with Crippen LogP contribution in [0, 0.1) is 0 Å². The average Bonchev–Trinajstić information content (AvgIpc) is 3.18. The molecule has 7 heteroatoms. The Morgan fingerprint density at radius 3 is 3.00 bits per heavy atom. The van der Waals surface area contributed by atoms with Gasteiger partial charge >= 0.3 is 6.03 Å². The third-order valence-electron chi connectivity index (χ3n) is 6.13. The molecule has 2 aliphatic heterocycles. The molecule has 0 spiro atoms. The molecule has 170 valence electrons. The van der Waals surface area contributed by atoms with Crippen LogP contribution in [0.4, 0.5) is 4.79 Å².